The third-order valence-corrected chi connectivity index (χ3v) is 4.30. The van der Waals surface area contributed by atoms with Crippen molar-refractivity contribution in [2.75, 3.05) is 30.1 Å². The van der Waals surface area contributed by atoms with E-state index in [1.54, 1.807) is 13.8 Å². The van der Waals surface area contributed by atoms with Crippen molar-refractivity contribution in [3.63, 3.8) is 0 Å². The van der Waals surface area contributed by atoms with Gasteiger partial charge in [-0.15, -0.1) is 0 Å². The lowest BCUT2D eigenvalue weighted by molar-refractivity contribution is -0.149. The van der Waals surface area contributed by atoms with Gasteiger partial charge in [-0.1, -0.05) is 0 Å². The maximum atomic E-state index is 11.4. The van der Waals surface area contributed by atoms with Crippen molar-refractivity contribution in [3.8, 4) is 0 Å². The van der Waals surface area contributed by atoms with Gasteiger partial charge in [-0.25, -0.2) is 8.42 Å². The Morgan fingerprint density at radius 3 is 2.47 bits per heavy atom. The predicted molar refractivity (Wildman–Crippen MR) is 70.9 cm³/mol. The molecule has 0 aliphatic rings. The Balaban J connectivity index is 3.84. The molecule has 1 unspecified atom stereocenters. The van der Waals surface area contributed by atoms with E-state index in [-0.39, 0.29) is 5.75 Å². The van der Waals surface area contributed by atoms with Crippen LogP contribution in [0.15, 0.2) is 0 Å². The van der Waals surface area contributed by atoms with Gasteiger partial charge in [0.15, 0.2) is 0 Å². The lowest BCUT2D eigenvalue weighted by atomic mass is 10.0. The van der Waals surface area contributed by atoms with Crippen molar-refractivity contribution >= 4 is 27.6 Å². The highest BCUT2D eigenvalue weighted by molar-refractivity contribution is 8.00. The summed E-state index contributed by atoms with van der Waals surface area (Å²) in [6, 6.07) is 0. The van der Waals surface area contributed by atoms with Gasteiger partial charge in [0.2, 0.25) is 0 Å². The molecule has 0 amide bonds. The predicted octanol–water partition coefficient (Wildman–Crippen LogP) is 0.435. The highest BCUT2D eigenvalue weighted by Gasteiger charge is 2.29. The number of ether oxygens (including phenoxy) is 1. The first-order chi connectivity index (χ1) is 7.69. The van der Waals surface area contributed by atoms with Gasteiger partial charge < -0.3 is 10.5 Å². The second kappa shape index (κ2) is 7.23. The normalized spacial score (nSPS) is 15.3. The van der Waals surface area contributed by atoms with E-state index in [0.29, 0.717) is 24.5 Å². The van der Waals surface area contributed by atoms with Gasteiger partial charge in [-0.05, 0) is 26.0 Å². The van der Waals surface area contributed by atoms with Gasteiger partial charge in [0.1, 0.15) is 15.4 Å². The molecule has 0 aliphatic heterocycles. The molecule has 0 aliphatic carbocycles. The molecule has 0 saturated heterocycles. The molecule has 0 aromatic heterocycles. The van der Waals surface area contributed by atoms with Crippen LogP contribution < -0.4 is 5.73 Å². The van der Waals surface area contributed by atoms with Gasteiger partial charge in [0.25, 0.3) is 0 Å². The maximum Gasteiger partial charge on any atom is 0.325 e. The van der Waals surface area contributed by atoms with Crippen LogP contribution in [-0.4, -0.2) is 50.0 Å². The van der Waals surface area contributed by atoms with E-state index in [2.05, 4.69) is 0 Å². The summed E-state index contributed by atoms with van der Waals surface area (Å²) in [5.74, 6) is 0.904. The molecule has 0 bridgehead atoms. The van der Waals surface area contributed by atoms with Gasteiger partial charge in [-0.2, -0.15) is 11.8 Å². The number of thioether (sulfide) groups is 1. The van der Waals surface area contributed by atoms with Crippen molar-refractivity contribution in [2.24, 2.45) is 5.73 Å². The molecule has 17 heavy (non-hydrogen) atoms. The van der Waals surface area contributed by atoms with Crippen LogP contribution in [0.2, 0.25) is 0 Å². The van der Waals surface area contributed by atoms with E-state index in [0.717, 1.165) is 0 Å². The summed E-state index contributed by atoms with van der Waals surface area (Å²) >= 11 is 1.48. The van der Waals surface area contributed by atoms with Crippen molar-refractivity contribution in [2.45, 2.75) is 25.8 Å². The Labute approximate surface area is 107 Å². The van der Waals surface area contributed by atoms with Crippen molar-refractivity contribution < 1.29 is 17.9 Å². The zero-order valence-electron chi connectivity index (χ0n) is 10.6. The molecule has 102 valence electrons. The second-order valence-electron chi connectivity index (χ2n) is 4.13. The summed E-state index contributed by atoms with van der Waals surface area (Å²) in [6.45, 7) is 3.67. The van der Waals surface area contributed by atoms with E-state index < -0.39 is 21.3 Å². The number of carbonyl (C=O) groups is 1. The van der Waals surface area contributed by atoms with Gasteiger partial charge >= 0.3 is 5.97 Å². The molecule has 0 saturated carbocycles. The van der Waals surface area contributed by atoms with Crippen LogP contribution in [0.25, 0.3) is 0 Å². The number of rotatable bonds is 8. The van der Waals surface area contributed by atoms with E-state index in [1.807, 2.05) is 0 Å². The van der Waals surface area contributed by atoms with Crippen LogP contribution >= 0.6 is 11.8 Å². The number of hydrogen-bond acceptors (Lipinski definition) is 6. The number of carbonyl (C=O) groups excluding carboxylic acids is 1. The van der Waals surface area contributed by atoms with Crippen LogP contribution in [0.5, 0.6) is 0 Å². The minimum atomic E-state index is -2.91. The molecular formula is C10H21NO4S2. The SMILES string of the molecule is CCOC(=O)C(C)(N)CCSCCS(C)(=O)=O. The molecular weight excluding hydrogens is 262 g/mol. The highest BCUT2D eigenvalue weighted by atomic mass is 32.2. The number of sulfone groups is 1. The van der Waals surface area contributed by atoms with Crippen molar-refractivity contribution in [3.05, 3.63) is 0 Å². The summed E-state index contributed by atoms with van der Waals surface area (Å²) in [7, 11) is -2.91. The molecule has 2 N–H and O–H groups in total. The quantitative estimate of drug-likeness (QED) is 0.513. The largest absolute Gasteiger partial charge is 0.465 e. The molecule has 7 heteroatoms. The van der Waals surface area contributed by atoms with Gasteiger partial charge in [-0.3, -0.25) is 4.79 Å². The number of hydrogen-bond donors (Lipinski definition) is 1. The monoisotopic (exact) mass is 283 g/mol. The Morgan fingerprint density at radius 2 is 2.00 bits per heavy atom. The summed E-state index contributed by atoms with van der Waals surface area (Å²) in [6.07, 6.45) is 1.68. The first-order valence-corrected chi connectivity index (χ1v) is 8.62. The first kappa shape index (κ1) is 16.7. The van der Waals surface area contributed by atoms with Gasteiger partial charge in [0, 0.05) is 12.0 Å². The molecule has 5 nitrogen and oxygen atoms in total. The summed E-state index contributed by atoms with van der Waals surface area (Å²) in [5.41, 5.74) is 4.82. The van der Waals surface area contributed by atoms with Crippen LogP contribution in [0.1, 0.15) is 20.3 Å². The van der Waals surface area contributed by atoms with Gasteiger partial charge in [0.05, 0.1) is 12.4 Å². The highest BCUT2D eigenvalue weighted by Crippen LogP contribution is 2.13. The average Bonchev–Trinajstić information content (AvgIpc) is 2.15. The van der Waals surface area contributed by atoms with E-state index in [1.165, 1.54) is 18.0 Å². The molecule has 0 fully saturated rings. The summed E-state index contributed by atoms with van der Waals surface area (Å²) < 4.78 is 26.6. The van der Waals surface area contributed by atoms with E-state index in [9.17, 15) is 13.2 Å². The molecule has 0 radical (unpaired) electrons. The van der Waals surface area contributed by atoms with Crippen LogP contribution in [0, 0.1) is 0 Å². The van der Waals surface area contributed by atoms with Crippen LogP contribution in [0.3, 0.4) is 0 Å². The third-order valence-electron chi connectivity index (χ3n) is 2.11. The van der Waals surface area contributed by atoms with Crippen LogP contribution in [-0.2, 0) is 19.4 Å². The second-order valence-corrected chi connectivity index (χ2v) is 7.61. The average molecular weight is 283 g/mol. The fourth-order valence-corrected chi connectivity index (χ4v) is 3.45. The van der Waals surface area contributed by atoms with Crippen LogP contribution in [0.4, 0.5) is 0 Å². The summed E-state index contributed by atoms with van der Waals surface area (Å²) in [4.78, 5) is 11.4. The lowest BCUT2D eigenvalue weighted by Gasteiger charge is -2.21. The Bertz CT molecular complexity index is 338. The molecule has 0 spiro atoms. The summed E-state index contributed by atoms with van der Waals surface area (Å²) in [5, 5.41) is 0. The Morgan fingerprint density at radius 1 is 1.41 bits per heavy atom. The first-order valence-electron chi connectivity index (χ1n) is 5.40. The third kappa shape index (κ3) is 8.45. The topological polar surface area (TPSA) is 86.5 Å². The molecule has 0 aromatic rings. The number of esters is 1. The molecule has 0 aromatic carbocycles. The number of nitrogens with two attached hydrogens (primary N) is 1. The smallest absolute Gasteiger partial charge is 0.325 e. The zero-order chi connectivity index (χ0) is 13.5. The molecule has 1 atom stereocenters. The fraction of sp³-hybridized carbons (Fsp3) is 0.900. The lowest BCUT2D eigenvalue weighted by Crippen LogP contribution is -2.46. The standard InChI is InChI=1S/C10H21NO4S2/c1-4-15-9(12)10(2,11)5-6-16-7-8-17(3,13)14/h4-8,11H2,1-3H3. The minimum absolute atomic E-state index is 0.151. The van der Waals surface area contributed by atoms with Crippen molar-refractivity contribution in [1.29, 1.82) is 0 Å². The minimum Gasteiger partial charge on any atom is -0.465 e. The maximum absolute atomic E-state index is 11.4. The Kier molecular flexibility index (Phi) is 7.11. The van der Waals surface area contributed by atoms with E-state index in [4.69, 9.17) is 10.5 Å². The van der Waals surface area contributed by atoms with Crippen molar-refractivity contribution in [1.82, 2.24) is 0 Å². The molecule has 0 rings (SSSR count). The fourth-order valence-electron chi connectivity index (χ4n) is 0.995. The molecule has 0 heterocycles. The van der Waals surface area contributed by atoms with E-state index >= 15 is 0 Å². The zero-order valence-corrected chi connectivity index (χ0v) is 12.2. The Hall–Kier alpha value is -0.270.